The maximum absolute atomic E-state index is 12.9. The first kappa shape index (κ1) is 14.3. The second kappa shape index (κ2) is 6.35. The Bertz CT molecular complexity index is 665. The second-order valence-electron chi connectivity index (χ2n) is 4.06. The van der Waals surface area contributed by atoms with E-state index >= 15 is 0 Å². The first-order chi connectivity index (χ1) is 9.61. The molecule has 0 heterocycles. The van der Waals surface area contributed by atoms with Crippen molar-refractivity contribution in [1.82, 2.24) is 0 Å². The van der Waals surface area contributed by atoms with Crippen LogP contribution in [-0.4, -0.2) is 12.9 Å². The van der Waals surface area contributed by atoms with Crippen LogP contribution in [0.25, 0.3) is 6.08 Å². The molecular formula is C16H12ClFO2. The van der Waals surface area contributed by atoms with Gasteiger partial charge in [-0.25, -0.2) is 4.39 Å². The standard InChI is InChI=1S/C16H12ClFO2/c1-20-16-5-3-2-4-11(16)6-9-15(19)13-8-7-12(18)10-14(13)17/h2-10H,1H3/b9-6+. The van der Waals surface area contributed by atoms with Gasteiger partial charge < -0.3 is 4.74 Å². The highest BCUT2D eigenvalue weighted by molar-refractivity contribution is 6.34. The third-order valence-corrected chi connectivity index (χ3v) is 3.06. The monoisotopic (exact) mass is 290 g/mol. The maximum Gasteiger partial charge on any atom is 0.187 e. The number of hydrogen-bond acceptors (Lipinski definition) is 2. The van der Waals surface area contributed by atoms with Gasteiger partial charge in [0.1, 0.15) is 11.6 Å². The van der Waals surface area contributed by atoms with Crippen LogP contribution in [0, 0.1) is 5.82 Å². The van der Waals surface area contributed by atoms with Gasteiger partial charge in [-0.3, -0.25) is 4.79 Å². The quantitative estimate of drug-likeness (QED) is 0.617. The van der Waals surface area contributed by atoms with Gasteiger partial charge in [-0.15, -0.1) is 0 Å². The van der Waals surface area contributed by atoms with Gasteiger partial charge in [0.25, 0.3) is 0 Å². The molecule has 4 heteroatoms. The van der Waals surface area contributed by atoms with E-state index in [9.17, 15) is 9.18 Å². The van der Waals surface area contributed by atoms with Crippen LogP contribution in [0.5, 0.6) is 5.75 Å². The molecular weight excluding hydrogens is 279 g/mol. The van der Waals surface area contributed by atoms with Crippen LogP contribution < -0.4 is 4.74 Å². The fraction of sp³-hybridized carbons (Fsp3) is 0.0625. The summed E-state index contributed by atoms with van der Waals surface area (Å²) in [6, 6.07) is 11.0. The Labute approximate surface area is 121 Å². The Morgan fingerprint density at radius 1 is 1.25 bits per heavy atom. The summed E-state index contributed by atoms with van der Waals surface area (Å²) >= 11 is 5.85. The molecule has 0 amide bonds. The van der Waals surface area contributed by atoms with E-state index in [0.29, 0.717) is 5.75 Å². The summed E-state index contributed by atoms with van der Waals surface area (Å²) in [4.78, 5) is 12.0. The van der Waals surface area contributed by atoms with Gasteiger partial charge in [0, 0.05) is 11.1 Å². The van der Waals surface area contributed by atoms with Crippen LogP contribution in [0.15, 0.2) is 48.5 Å². The van der Waals surface area contributed by atoms with Crippen molar-refractivity contribution in [1.29, 1.82) is 0 Å². The Kier molecular flexibility index (Phi) is 4.53. The van der Waals surface area contributed by atoms with Crippen LogP contribution in [0.4, 0.5) is 4.39 Å². The molecule has 0 bridgehead atoms. The van der Waals surface area contributed by atoms with Crippen molar-refractivity contribution in [3.05, 3.63) is 70.5 Å². The molecule has 0 saturated heterocycles. The lowest BCUT2D eigenvalue weighted by atomic mass is 10.1. The zero-order valence-corrected chi connectivity index (χ0v) is 11.5. The minimum atomic E-state index is -0.472. The molecule has 0 aliphatic rings. The molecule has 20 heavy (non-hydrogen) atoms. The lowest BCUT2D eigenvalue weighted by molar-refractivity contribution is 0.104. The van der Waals surface area contributed by atoms with E-state index in [-0.39, 0.29) is 16.4 Å². The molecule has 0 spiro atoms. The number of carbonyl (C=O) groups is 1. The maximum atomic E-state index is 12.9. The summed E-state index contributed by atoms with van der Waals surface area (Å²) in [6.07, 6.45) is 3.03. The van der Waals surface area contributed by atoms with Crippen LogP contribution in [-0.2, 0) is 0 Å². The average molecular weight is 291 g/mol. The normalized spacial score (nSPS) is 10.8. The largest absolute Gasteiger partial charge is 0.496 e. The molecule has 0 aliphatic heterocycles. The molecule has 0 saturated carbocycles. The molecule has 2 aromatic carbocycles. The number of methoxy groups -OCH3 is 1. The predicted molar refractivity (Wildman–Crippen MR) is 77.8 cm³/mol. The third kappa shape index (κ3) is 3.25. The number of ketones is 1. The number of benzene rings is 2. The highest BCUT2D eigenvalue weighted by Crippen LogP contribution is 2.21. The summed E-state index contributed by atoms with van der Waals surface area (Å²) in [5, 5.41) is 0.0969. The summed E-state index contributed by atoms with van der Waals surface area (Å²) in [5.74, 6) is -0.0945. The summed E-state index contributed by atoms with van der Waals surface area (Å²) < 4.78 is 18.1. The molecule has 0 N–H and O–H groups in total. The Morgan fingerprint density at radius 3 is 2.70 bits per heavy atom. The number of rotatable bonds is 4. The van der Waals surface area contributed by atoms with Crippen molar-refractivity contribution in [2.45, 2.75) is 0 Å². The number of carbonyl (C=O) groups excluding carboxylic acids is 1. The minimum absolute atomic E-state index is 0.0969. The SMILES string of the molecule is COc1ccccc1/C=C/C(=O)c1ccc(F)cc1Cl. The highest BCUT2D eigenvalue weighted by atomic mass is 35.5. The first-order valence-electron chi connectivity index (χ1n) is 5.92. The molecule has 0 unspecified atom stereocenters. The average Bonchev–Trinajstić information content (AvgIpc) is 2.45. The zero-order chi connectivity index (χ0) is 14.5. The van der Waals surface area contributed by atoms with Gasteiger partial charge in [0.2, 0.25) is 0 Å². The van der Waals surface area contributed by atoms with E-state index in [4.69, 9.17) is 16.3 Å². The smallest absolute Gasteiger partial charge is 0.187 e. The fourth-order valence-electron chi connectivity index (χ4n) is 1.75. The summed E-state index contributed by atoms with van der Waals surface area (Å²) in [6.45, 7) is 0. The van der Waals surface area contributed by atoms with Crippen LogP contribution in [0.1, 0.15) is 15.9 Å². The number of ether oxygens (including phenoxy) is 1. The van der Waals surface area contributed by atoms with Crippen molar-refractivity contribution in [2.75, 3.05) is 7.11 Å². The number of allylic oxidation sites excluding steroid dienone is 1. The molecule has 102 valence electrons. The van der Waals surface area contributed by atoms with E-state index in [1.54, 1.807) is 19.3 Å². The second-order valence-corrected chi connectivity index (χ2v) is 4.47. The summed E-state index contributed by atoms with van der Waals surface area (Å²) in [7, 11) is 1.56. The lowest BCUT2D eigenvalue weighted by Crippen LogP contribution is -1.96. The van der Waals surface area contributed by atoms with Crippen molar-refractivity contribution in [3.63, 3.8) is 0 Å². The van der Waals surface area contributed by atoms with Gasteiger partial charge in [-0.2, -0.15) is 0 Å². The van der Waals surface area contributed by atoms with E-state index in [0.717, 1.165) is 11.6 Å². The van der Waals surface area contributed by atoms with E-state index < -0.39 is 5.82 Å². The Balaban J connectivity index is 2.25. The minimum Gasteiger partial charge on any atom is -0.496 e. The number of halogens is 2. The molecule has 2 rings (SSSR count). The zero-order valence-electron chi connectivity index (χ0n) is 10.8. The first-order valence-corrected chi connectivity index (χ1v) is 6.30. The van der Waals surface area contributed by atoms with Gasteiger partial charge >= 0.3 is 0 Å². The molecule has 0 atom stereocenters. The lowest BCUT2D eigenvalue weighted by Gasteiger charge is -2.03. The molecule has 0 aliphatic carbocycles. The van der Waals surface area contributed by atoms with Crippen molar-refractivity contribution < 1.29 is 13.9 Å². The van der Waals surface area contributed by atoms with Crippen molar-refractivity contribution in [3.8, 4) is 5.75 Å². The van der Waals surface area contributed by atoms with E-state index in [1.807, 2.05) is 18.2 Å². The Hall–Kier alpha value is -2.13. The van der Waals surface area contributed by atoms with Gasteiger partial charge in [-0.05, 0) is 36.4 Å². The topological polar surface area (TPSA) is 26.3 Å². The summed E-state index contributed by atoms with van der Waals surface area (Å²) in [5.41, 5.74) is 1.04. The van der Waals surface area contributed by atoms with Crippen LogP contribution >= 0.6 is 11.6 Å². The van der Waals surface area contributed by atoms with Gasteiger partial charge in [-0.1, -0.05) is 29.8 Å². The molecule has 0 radical (unpaired) electrons. The van der Waals surface area contributed by atoms with Crippen molar-refractivity contribution in [2.24, 2.45) is 0 Å². The Morgan fingerprint density at radius 2 is 2.00 bits per heavy atom. The molecule has 0 fully saturated rings. The van der Waals surface area contributed by atoms with Gasteiger partial charge in [0.05, 0.1) is 12.1 Å². The van der Waals surface area contributed by atoms with Gasteiger partial charge in [0.15, 0.2) is 5.78 Å². The van der Waals surface area contributed by atoms with E-state index in [2.05, 4.69) is 0 Å². The fourth-order valence-corrected chi connectivity index (χ4v) is 2.01. The van der Waals surface area contributed by atoms with Crippen molar-refractivity contribution >= 4 is 23.5 Å². The molecule has 2 aromatic rings. The van der Waals surface area contributed by atoms with E-state index in [1.165, 1.54) is 18.2 Å². The molecule has 2 nitrogen and oxygen atoms in total. The molecule has 0 aromatic heterocycles. The third-order valence-electron chi connectivity index (χ3n) is 2.75. The number of hydrogen-bond donors (Lipinski definition) is 0. The van der Waals surface area contributed by atoms with Crippen LogP contribution in [0.2, 0.25) is 5.02 Å². The predicted octanol–water partition coefficient (Wildman–Crippen LogP) is 4.38. The van der Waals surface area contributed by atoms with Crippen LogP contribution in [0.3, 0.4) is 0 Å². The highest BCUT2D eigenvalue weighted by Gasteiger charge is 2.08. The number of para-hydroxylation sites is 1.